The van der Waals surface area contributed by atoms with Crippen LogP contribution in [-0.4, -0.2) is 39.5 Å². The number of rotatable bonds is 6. The Hall–Kier alpha value is -0.0400. The minimum atomic E-state index is -3.52. The first-order valence-corrected chi connectivity index (χ1v) is 9.79. The van der Waals surface area contributed by atoms with Gasteiger partial charge < -0.3 is 4.90 Å². The van der Waals surface area contributed by atoms with E-state index in [9.17, 15) is 8.42 Å². The molecule has 23 heavy (non-hydrogen) atoms. The molecule has 1 aromatic rings. The van der Waals surface area contributed by atoms with Crippen LogP contribution in [0.4, 0.5) is 0 Å². The Morgan fingerprint density at radius 2 is 1.87 bits per heavy atom. The van der Waals surface area contributed by atoms with E-state index in [4.69, 9.17) is 23.2 Å². The fourth-order valence-corrected chi connectivity index (χ4v) is 3.98. The summed E-state index contributed by atoms with van der Waals surface area (Å²) in [5, 5.41) is 0.590. The maximum atomic E-state index is 12.2. The second-order valence-corrected chi connectivity index (χ2v) is 8.43. The Bertz CT molecular complexity index is 603. The first-order valence-electron chi connectivity index (χ1n) is 7.55. The number of hydrogen-bond donors (Lipinski definition) is 1. The molecule has 0 bridgehead atoms. The normalized spacial score (nSPS) is 17.0. The van der Waals surface area contributed by atoms with Gasteiger partial charge in [-0.1, -0.05) is 30.1 Å². The first-order chi connectivity index (χ1) is 10.4. The highest BCUT2D eigenvalue weighted by molar-refractivity contribution is 7.89. The van der Waals surface area contributed by atoms with Crippen LogP contribution in [-0.2, 0) is 10.0 Å². The molecule has 2 rings (SSSR count). The molecule has 0 amide bonds. The quantitative estimate of drug-likeness (QED) is 0.737. The van der Waals surface area contributed by atoms with Gasteiger partial charge in [0.1, 0.15) is 0 Å². The van der Waals surface area contributed by atoms with Crippen molar-refractivity contribution in [2.75, 3.05) is 26.2 Å². The zero-order chi connectivity index (χ0) is 16.2. The fourth-order valence-electron chi connectivity index (χ4n) is 2.52. The van der Waals surface area contributed by atoms with E-state index >= 15 is 0 Å². The fraction of sp³-hybridized carbons (Fsp3) is 0.600. The van der Waals surface area contributed by atoms with Gasteiger partial charge in [-0.15, -0.1) is 12.4 Å². The molecule has 1 heterocycles. The summed E-state index contributed by atoms with van der Waals surface area (Å²) in [6.45, 7) is 5.86. The Morgan fingerprint density at radius 1 is 1.22 bits per heavy atom. The van der Waals surface area contributed by atoms with Crippen molar-refractivity contribution in [3.8, 4) is 0 Å². The maximum absolute atomic E-state index is 12.2. The Balaban J connectivity index is 0.00000264. The molecule has 0 radical (unpaired) electrons. The first kappa shape index (κ1) is 21.0. The molecule has 8 heteroatoms. The van der Waals surface area contributed by atoms with Crippen molar-refractivity contribution in [1.29, 1.82) is 0 Å². The van der Waals surface area contributed by atoms with Crippen LogP contribution in [0.25, 0.3) is 0 Å². The monoisotopic (exact) mass is 400 g/mol. The average Bonchev–Trinajstić information content (AvgIpc) is 2.48. The van der Waals surface area contributed by atoms with Gasteiger partial charge in [0.2, 0.25) is 10.0 Å². The van der Waals surface area contributed by atoms with Gasteiger partial charge in [-0.25, -0.2) is 13.1 Å². The van der Waals surface area contributed by atoms with Crippen LogP contribution in [0.1, 0.15) is 26.2 Å². The van der Waals surface area contributed by atoms with E-state index in [0.717, 1.165) is 32.0 Å². The highest BCUT2D eigenvalue weighted by Gasteiger charge is 2.17. The SMILES string of the molecule is CC1CCN(CCCNS(=O)(=O)c2ccc(Cl)c(Cl)c2)CC1.Cl. The van der Waals surface area contributed by atoms with Gasteiger partial charge in [-0.2, -0.15) is 0 Å². The second kappa shape index (κ2) is 9.44. The zero-order valence-electron chi connectivity index (χ0n) is 13.1. The number of benzene rings is 1. The van der Waals surface area contributed by atoms with Crippen molar-refractivity contribution in [2.45, 2.75) is 31.1 Å². The molecule has 0 aliphatic carbocycles. The van der Waals surface area contributed by atoms with Crippen LogP contribution in [0.5, 0.6) is 0 Å². The van der Waals surface area contributed by atoms with Gasteiger partial charge in [0.25, 0.3) is 0 Å². The van der Waals surface area contributed by atoms with E-state index in [1.54, 1.807) is 0 Å². The topological polar surface area (TPSA) is 49.4 Å². The third-order valence-corrected chi connectivity index (χ3v) is 6.22. The third-order valence-electron chi connectivity index (χ3n) is 4.02. The lowest BCUT2D eigenvalue weighted by Gasteiger charge is -2.30. The van der Waals surface area contributed by atoms with E-state index in [-0.39, 0.29) is 22.3 Å². The summed E-state index contributed by atoms with van der Waals surface area (Å²) in [4.78, 5) is 2.54. The van der Waals surface area contributed by atoms with E-state index in [1.807, 2.05) is 0 Å². The van der Waals surface area contributed by atoms with Crippen LogP contribution in [0.3, 0.4) is 0 Å². The van der Waals surface area contributed by atoms with E-state index in [2.05, 4.69) is 16.5 Å². The van der Waals surface area contributed by atoms with Crippen LogP contribution in [0, 0.1) is 5.92 Å². The minimum absolute atomic E-state index is 0. The maximum Gasteiger partial charge on any atom is 0.240 e. The number of halogens is 3. The largest absolute Gasteiger partial charge is 0.303 e. The van der Waals surface area contributed by atoms with Gasteiger partial charge in [0.05, 0.1) is 14.9 Å². The van der Waals surface area contributed by atoms with Crippen molar-refractivity contribution in [3.05, 3.63) is 28.2 Å². The third kappa shape index (κ3) is 6.40. The molecule has 1 N–H and O–H groups in total. The summed E-state index contributed by atoms with van der Waals surface area (Å²) in [6.07, 6.45) is 3.26. The van der Waals surface area contributed by atoms with Crippen molar-refractivity contribution < 1.29 is 8.42 Å². The molecular formula is C15H23Cl3N2O2S. The van der Waals surface area contributed by atoms with Gasteiger partial charge in [-0.05, 0) is 63.0 Å². The Kier molecular flexibility index (Phi) is 8.63. The van der Waals surface area contributed by atoms with Crippen molar-refractivity contribution >= 4 is 45.6 Å². The number of piperidine rings is 1. The molecule has 0 aromatic heterocycles. The smallest absolute Gasteiger partial charge is 0.240 e. The van der Waals surface area contributed by atoms with Crippen LogP contribution < -0.4 is 4.72 Å². The van der Waals surface area contributed by atoms with Crippen molar-refractivity contribution in [2.24, 2.45) is 5.92 Å². The number of nitrogens with one attached hydrogen (secondary N) is 1. The lowest BCUT2D eigenvalue weighted by Crippen LogP contribution is -2.35. The molecule has 0 saturated carbocycles. The molecule has 1 fully saturated rings. The lowest BCUT2D eigenvalue weighted by atomic mass is 9.99. The van der Waals surface area contributed by atoms with Gasteiger partial charge in [0, 0.05) is 6.54 Å². The summed E-state index contributed by atoms with van der Waals surface area (Å²) in [6, 6.07) is 4.33. The second-order valence-electron chi connectivity index (χ2n) is 5.85. The standard InChI is InChI=1S/C15H22Cl2N2O2S.ClH/c1-12-5-9-19(10-6-12)8-2-7-18-22(20,21)13-3-4-14(16)15(17)11-13;/h3-4,11-12,18H,2,5-10H2,1H3;1H. The van der Waals surface area contributed by atoms with Crippen LogP contribution in [0.2, 0.25) is 10.0 Å². The van der Waals surface area contributed by atoms with Gasteiger partial charge >= 0.3 is 0 Å². The van der Waals surface area contributed by atoms with E-state index < -0.39 is 10.0 Å². The molecule has 0 unspecified atom stereocenters. The van der Waals surface area contributed by atoms with Crippen LogP contribution >= 0.6 is 35.6 Å². The minimum Gasteiger partial charge on any atom is -0.303 e. The summed E-state index contributed by atoms with van der Waals surface area (Å²) in [5.74, 6) is 0.810. The molecule has 1 aromatic carbocycles. The highest BCUT2D eigenvalue weighted by atomic mass is 35.5. The Labute approximate surface area is 155 Å². The highest BCUT2D eigenvalue weighted by Crippen LogP contribution is 2.24. The molecule has 1 saturated heterocycles. The van der Waals surface area contributed by atoms with Gasteiger partial charge in [0.15, 0.2) is 0 Å². The molecule has 0 atom stereocenters. The molecule has 1 aliphatic rings. The average molecular weight is 402 g/mol. The number of likely N-dealkylation sites (tertiary alicyclic amines) is 1. The molecule has 132 valence electrons. The Morgan fingerprint density at radius 3 is 2.48 bits per heavy atom. The predicted molar refractivity (Wildman–Crippen MR) is 98.4 cm³/mol. The lowest BCUT2D eigenvalue weighted by molar-refractivity contribution is 0.191. The zero-order valence-corrected chi connectivity index (χ0v) is 16.2. The summed E-state index contributed by atoms with van der Waals surface area (Å²) >= 11 is 11.7. The molecule has 0 spiro atoms. The van der Waals surface area contributed by atoms with Gasteiger partial charge in [-0.3, -0.25) is 0 Å². The van der Waals surface area contributed by atoms with E-state index in [0.29, 0.717) is 11.6 Å². The molecule has 1 aliphatic heterocycles. The number of sulfonamides is 1. The van der Waals surface area contributed by atoms with Crippen molar-refractivity contribution in [1.82, 2.24) is 9.62 Å². The van der Waals surface area contributed by atoms with Crippen LogP contribution in [0.15, 0.2) is 23.1 Å². The molecular weight excluding hydrogens is 379 g/mol. The van der Waals surface area contributed by atoms with Crippen molar-refractivity contribution in [3.63, 3.8) is 0 Å². The summed E-state index contributed by atoms with van der Waals surface area (Å²) in [7, 11) is -3.52. The number of hydrogen-bond acceptors (Lipinski definition) is 3. The summed E-state index contributed by atoms with van der Waals surface area (Å²) in [5.41, 5.74) is 0. The molecule has 4 nitrogen and oxygen atoms in total. The predicted octanol–water partition coefficient (Wildman–Crippen LogP) is 3.82. The summed E-state index contributed by atoms with van der Waals surface area (Å²) < 4.78 is 26.9. The van der Waals surface area contributed by atoms with E-state index in [1.165, 1.54) is 31.0 Å². The number of nitrogens with zero attached hydrogens (tertiary/aromatic N) is 1.